The van der Waals surface area contributed by atoms with E-state index in [1.54, 1.807) is 36.4 Å². The number of furan rings is 1. The number of ether oxygens (including phenoxy) is 1. The molecule has 0 radical (unpaired) electrons. The van der Waals surface area contributed by atoms with E-state index in [1.807, 2.05) is 0 Å². The van der Waals surface area contributed by atoms with Crippen LogP contribution in [0.1, 0.15) is 17.2 Å². The zero-order valence-corrected chi connectivity index (χ0v) is 18.8. The van der Waals surface area contributed by atoms with E-state index in [0.717, 1.165) is 16.2 Å². The average molecular weight is 504 g/mol. The lowest BCUT2D eigenvalue weighted by Crippen LogP contribution is -2.44. The van der Waals surface area contributed by atoms with Gasteiger partial charge in [0.25, 0.3) is 0 Å². The molecule has 0 unspecified atom stereocenters. The van der Waals surface area contributed by atoms with Crippen molar-refractivity contribution >= 4 is 45.5 Å². The zero-order valence-electron chi connectivity index (χ0n) is 16.4. The maximum atomic E-state index is 12.8. The number of nitrogens with one attached hydrogen (secondary N) is 2. The summed E-state index contributed by atoms with van der Waals surface area (Å²) < 4.78 is 10.7. The minimum atomic E-state index is -1.22. The first-order chi connectivity index (χ1) is 14.9. The summed E-state index contributed by atoms with van der Waals surface area (Å²) in [4.78, 5) is 37.3. The van der Waals surface area contributed by atoms with Crippen molar-refractivity contribution in [3.8, 4) is 6.07 Å². The van der Waals surface area contributed by atoms with Gasteiger partial charge in [0, 0.05) is 10.4 Å². The van der Waals surface area contributed by atoms with E-state index in [9.17, 15) is 19.6 Å². The third kappa shape index (κ3) is 5.37. The molecule has 31 heavy (non-hydrogen) atoms. The fraction of sp³-hybridized carbons (Fsp3) is 0.238. The summed E-state index contributed by atoms with van der Waals surface area (Å²) in [5.41, 5.74) is 0.800. The lowest BCUT2D eigenvalue weighted by Gasteiger charge is -2.31. The number of amides is 2. The van der Waals surface area contributed by atoms with E-state index in [-0.39, 0.29) is 28.8 Å². The largest absolute Gasteiger partial charge is 0.468 e. The third-order valence-corrected chi connectivity index (χ3v) is 6.09. The highest BCUT2D eigenvalue weighted by atomic mass is 79.9. The first kappa shape index (κ1) is 22.7. The molecule has 1 aromatic carbocycles. The summed E-state index contributed by atoms with van der Waals surface area (Å²) in [7, 11) is 1.19. The van der Waals surface area contributed by atoms with Crippen LogP contribution in [0, 0.1) is 17.2 Å². The zero-order chi connectivity index (χ0) is 22.4. The lowest BCUT2D eigenvalue weighted by atomic mass is 9.78. The molecule has 10 heteroatoms. The number of methoxy groups -OCH3 is 1. The third-order valence-electron chi connectivity index (χ3n) is 4.58. The van der Waals surface area contributed by atoms with Crippen molar-refractivity contribution in [2.24, 2.45) is 5.92 Å². The predicted molar refractivity (Wildman–Crippen MR) is 116 cm³/mol. The molecule has 1 aromatic heterocycles. The molecule has 0 aliphatic carbocycles. The van der Waals surface area contributed by atoms with Crippen LogP contribution in [0.25, 0.3) is 0 Å². The van der Waals surface area contributed by atoms with Crippen molar-refractivity contribution in [3.05, 3.63) is 69.1 Å². The fourth-order valence-corrected chi connectivity index (χ4v) is 4.46. The van der Waals surface area contributed by atoms with E-state index < -0.39 is 23.7 Å². The Morgan fingerprint density at radius 2 is 2.16 bits per heavy atom. The van der Waals surface area contributed by atoms with Gasteiger partial charge in [0.05, 0.1) is 42.3 Å². The molecule has 1 aliphatic rings. The number of carbonyl (C=O) groups excluding carboxylic acids is 3. The second-order valence-corrected chi connectivity index (χ2v) is 8.42. The van der Waals surface area contributed by atoms with Gasteiger partial charge < -0.3 is 19.8 Å². The molecule has 0 saturated carbocycles. The van der Waals surface area contributed by atoms with Gasteiger partial charge in [-0.3, -0.25) is 14.4 Å². The summed E-state index contributed by atoms with van der Waals surface area (Å²) in [5, 5.41) is 15.4. The quantitative estimate of drug-likeness (QED) is 0.439. The van der Waals surface area contributed by atoms with Gasteiger partial charge in [-0.2, -0.15) is 5.26 Å². The molecule has 3 rings (SSSR count). The Hall–Kier alpha value is -3.03. The number of nitriles is 1. The molecular formula is C21H18BrN3O5S. The van der Waals surface area contributed by atoms with E-state index in [2.05, 4.69) is 32.6 Å². The fourth-order valence-electron chi connectivity index (χ4n) is 3.17. The SMILES string of the molecule is COC(=O)[C@@H]1C(=O)NC(SCC(=O)NCc2ccco2)=C(C#N)[C@H]1c1cccc(Br)c1. The van der Waals surface area contributed by atoms with Crippen molar-refractivity contribution in [2.75, 3.05) is 12.9 Å². The number of carbonyl (C=O) groups is 3. The first-order valence-electron chi connectivity index (χ1n) is 9.15. The number of rotatable bonds is 7. The van der Waals surface area contributed by atoms with Gasteiger partial charge in [-0.1, -0.05) is 39.8 Å². The Bertz CT molecular complexity index is 1060. The summed E-state index contributed by atoms with van der Waals surface area (Å²) in [6.45, 7) is 0.230. The highest BCUT2D eigenvalue weighted by Gasteiger charge is 2.44. The van der Waals surface area contributed by atoms with Crippen LogP contribution in [-0.2, 0) is 25.7 Å². The van der Waals surface area contributed by atoms with Crippen LogP contribution < -0.4 is 10.6 Å². The molecule has 1 aliphatic heterocycles. The number of allylic oxidation sites excluding steroid dienone is 1. The standard InChI is InChI=1S/C21H18BrN3O5S/c1-29-21(28)18-17(12-4-2-5-13(22)8-12)15(9-23)20(25-19(18)27)31-11-16(26)24-10-14-6-3-7-30-14/h2-8,17-18H,10-11H2,1H3,(H,24,26)(H,25,27)/t17-,18+/m1/s1. The molecule has 0 saturated heterocycles. The van der Waals surface area contributed by atoms with E-state index in [4.69, 9.17) is 9.15 Å². The van der Waals surface area contributed by atoms with E-state index >= 15 is 0 Å². The normalized spacial score (nSPS) is 18.2. The van der Waals surface area contributed by atoms with Gasteiger partial charge in [-0.25, -0.2) is 0 Å². The van der Waals surface area contributed by atoms with Crippen LogP contribution in [0.2, 0.25) is 0 Å². The van der Waals surface area contributed by atoms with E-state index in [1.165, 1.54) is 13.4 Å². The maximum Gasteiger partial charge on any atom is 0.319 e. The molecule has 2 aromatic rings. The van der Waals surface area contributed by atoms with Gasteiger partial charge >= 0.3 is 5.97 Å². The van der Waals surface area contributed by atoms with Crippen molar-refractivity contribution in [3.63, 3.8) is 0 Å². The highest BCUT2D eigenvalue weighted by molar-refractivity contribution is 9.10. The predicted octanol–water partition coefficient (Wildman–Crippen LogP) is 2.83. The molecule has 2 N–H and O–H groups in total. The minimum Gasteiger partial charge on any atom is -0.468 e. The van der Waals surface area contributed by atoms with E-state index in [0.29, 0.717) is 11.3 Å². The van der Waals surface area contributed by atoms with Gasteiger partial charge in [0.15, 0.2) is 0 Å². The number of esters is 1. The van der Waals surface area contributed by atoms with Gasteiger partial charge in [0.2, 0.25) is 11.8 Å². The van der Waals surface area contributed by atoms with Gasteiger partial charge in [-0.15, -0.1) is 0 Å². The Kier molecular flexibility index (Phi) is 7.55. The molecule has 2 atom stereocenters. The number of hydrogen-bond donors (Lipinski definition) is 2. The van der Waals surface area contributed by atoms with Crippen molar-refractivity contribution in [1.82, 2.24) is 10.6 Å². The second-order valence-electron chi connectivity index (χ2n) is 6.52. The van der Waals surface area contributed by atoms with Gasteiger partial charge in [-0.05, 0) is 29.8 Å². The topological polar surface area (TPSA) is 121 Å². The number of hydrogen-bond acceptors (Lipinski definition) is 7. The number of thioether (sulfide) groups is 1. The molecule has 2 amide bonds. The minimum absolute atomic E-state index is 0.0321. The molecule has 0 bridgehead atoms. The van der Waals surface area contributed by atoms with Gasteiger partial charge in [0.1, 0.15) is 11.7 Å². The van der Waals surface area contributed by atoms with Crippen LogP contribution in [-0.4, -0.2) is 30.6 Å². The Morgan fingerprint density at radius 3 is 2.81 bits per heavy atom. The Morgan fingerprint density at radius 1 is 1.35 bits per heavy atom. The van der Waals surface area contributed by atoms with Crippen LogP contribution in [0.15, 0.2) is 62.2 Å². The lowest BCUT2D eigenvalue weighted by molar-refractivity contribution is -0.150. The smallest absolute Gasteiger partial charge is 0.319 e. The number of benzene rings is 1. The summed E-state index contributed by atoms with van der Waals surface area (Å²) in [6.07, 6.45) is 1.51. The molecule has 2 heterocycles. The summed E-state index contributed by atoms with van der Waals surface area (Å²) in [6, 6.07) is 12.6. The second kappa shape index (κ2) is 10.3. The van der Waals surface area contributed by atoms with Crippen molar-refractivity contribution in [1.29, 1.82) is 5.26 Å². The molecule has 160 valence electrons. The molecule has 0 spiro atoms. The van der Waals surface area contributed by atoms with Crippen LogP contribution >= 0.6 is 27.7 Å². The maximum absolute atomic E-state index is 12.8. The van der Waals surface area contributed by atoms with Crippen molar-refractivity contribution < 1.29 is 23.5 Å². The van der Waals surface area contributed by atoms with Crippen LogP contribution in [0.5, 0.6) is 0 Å². The highest BCUT2D eigenvalue weighted by Crippen LogP contribution is 2.40. The van der Waals surface area contributed by atoms with Crippen LogP contribution in [0.4, 0.5) is 0 Å². The Balaban J connectivity index is 1.85. The first-order valence-corrected chi connectivity index (χ1v) is 10.9. The Labute approximate surface area is 191 Å². The van der Waals surface area contributed by atoms with Crippen molar-refractivity contribution in [2.45, 2.75) is 12.5 Å². The molecular weight excluding hydrogens is 486 g/mol. The molecule has 0 fully saturated rings. The molecule has 8 nitrogen and oxygen atoms in total. The monoisotopic (exact) mass is 503 g/mol. The summed E-state index contributed by atoms with van der Waals surface area (Å²) >= 11 is 4.40. The average Bonchev–Trinajstić information content (AvgIpc) is 3.29. The summed E-state index contributed by atoms with van der Waals surface area (Å²) in [5.74, 6) is -3.10. The van der Waals surface area contributed by atoms with Crippen LogP contribution in [0.3, 0.4) is 0 Å². The number of nitrogens with zero attached hydrogens (tertiary/aromatic N) is 1. The number of halogens is 1.